The molecule has 0 saturated heterocycles. The number of hydrogen-bond donors (Lipinski definition) is 0. The van der Waals surface area contributed by atoms with Crippen molar-refractivity contribution in [2.24, 2.45) is 0 Å². The summed E-state index contributed by atoms with van der Waals surface area (Å²) in [5.74, 6) is 0.0774. The second kappa shape index (κ2) is 4.87. The Morgan fingerprint density at radius 1 is 1.18 bits per heavy atom. The van der Waals surface area contributed by atoms with Crippen molar-refractivity contribution in [2.75, 3.05) is 0 Å². The predicted octanol–water partition coefficient (Wildman–Crippen LogP) is 2.52. The number of benzene rings is 1. The summed E-state index contributed by atoms with van der Waals surface area (Å²) in [6.07, 6.45) is 2.02. The van der Waals surface area contributed by atoms with Crippen molar-refractivity contribution < 1.29 is 4.79 Å². The van der Waals surface area contributed by atoms with Gasteiger partial charge in [-0.1, -0.05) is 30.3 Å². The molecule has 2 rings (SSSR count). The summed E-state index contributed by atoms with van der Waals surface area (Å²) in [6.45, 7) is 3.75. The molecule has 1 aromatic carbocycles. The van der Waals surface area contributed by atoms with E-state index in [1.165, 1.54) is 0 Å². The molecule has 86 valence electrons. The maximum atomic E-state index is 12.0. The molecule has 0 unspecified atom stereocenters. The molecule has 3 nitrogen and oxygen atoms in total. The largest absolute Gasteiger partial charge is 0.294 e. The normalized spacial score (nSPS) is 10.2. The molecule has 0 radical (unpaired) electrons. The smallest absolute Gasteiger partial charge is 0.168 e. The lowest BCUT2D eigenvalue weighted by molar-refractivity contribution is 0.0991. The molecule has 0 bridgehead atoms. The van der Waals surface area contributed by atoms with E-state index < -0.39 is 0 Å². The number of aromatic nitrogens is 2. The number of Topliss-reactive ketones (excluding diaryl/α,β-unsaturated/α-hetero) is 1. The molecule has 0 amide bonds. The van der Waals surface area contributed by atoms with Crippen LogP contribution in [0.1, 0.15) is 27.4 Å². The van der Waals surface area contributed by atoms with Gasteiger partial charge in [0.05, 0.1) is 23.5 Å². The van der Waals surface area contributed by atoms with Gasteiger partial charge in [0.1, 0.15) is 0 Å². The Kier molecular flexibility index (Phi) is 3.28. The third kappa shape index (κ3) is 2.75. The average molecular weight is 226 g/mol. The summed E-state index contributed by atoms with van der Waals surface area (Å²) in [7, 11) is 0. The molecule has 0 aliphatic carbocycles. The van der Waals surface area contributed by atoms with Gasteiger partial charge in [-0.25, -0.2) is 0 Å². The Balaban J connectivity index is 2.22. The van der Waals surface area contributed by atoms with Crippen LogP contribution in [0.5, 0.6) is 0 Å². The number of carbonyl (C=O) groups is 1. The number of aryl methyl sites for hydroxylation is 2. The third-order valence-corrected chi connectivity index (χ3v) is 2.60. The summed E-state index contributed by atoms with van der Waals surface area (Å²) >= 11 is 0. The summed E-state index contributed by atoms with van der Waals surface area (Å²) in [4.78, 5) is 20.6. The molecule has 17 heavy (non-hydrogen) atoms. The van der Waals surface area contributed by atoms with E-state index >= 15 is 0 Å². The van der Waals surface area contributed by atoms with E-state index in [9.17, 15) is 4.79 Å². The Labute approximate surface area is 101 Å². The molecule has 0 fully saturated rings. The fourth-order valence-electron chi connectivity index (χ4n) is 1.63. The first-order chi connectivity index (χ1) is 8.16. The van der Waals surface area contributed by atoms with Crippen LogP contribution in [0.4, 0.5) is 0 Å². The second-order valence-corrected chi connectivity index (χ2v) is 4.01. The van der Waals surface area contributed by atoms with Crippen LogP contribution in [0, 0.1) is 13.8 Å². The highest BCUT2D eigenvalue weighted by Gasteiger charge is 2.10. The van der Waals surface area contributed by atoms with Crippen LogP contribution in [-0.4, -0.2) is 15.8 Å². The van der Waals surface area contributed by atoms with Gasteiger partial charge in [0, 0.05) is 11.8 Å². The lowest BCUT2D eigenvalue weighted by Gasteiger charge is -2.04. The van der Waals surface area contributed by atoms with Crippen LogP contribution in [0.2, 0.25) is 0 Å². The van der Waals surface area contributed by atoms with E-state index in [0.717, 1.165) is 22.6 Å². The van der Waals surface area contributed by atoms with Crippen molar-refractivity contribution in [3.8, 4) is 0 Å². The minimum atomic E-state index is 0.0774. The van der Waals surface area contributed by atoms with Crippen molar-refractivity contribution in [3.63, 3.8) is 0 Å². The average Bonchev–Trinajstić information content (AvgIpc) is 2.35. The summed E-state index contributed by atoms with van der Waals surface area (Å²) in [5.41, 5.74) is 3.14. The molecule has 0 spiro atoms. The molecule has 1 aromatic heterocycles. The van der Waals surface area contributed by atoms with E-state index in [0.29, 0.717) is 6.42 Å². The number of hydrogen-bond acceptors (Lipinski definition) is 3. The molecule has 0 aliphatic rings. The van der Waals surface area contributed by atoms with Crippen molar-refractivity contribution in [2.45, 2.75) is 20.3 Å². The lowest BCUT2D eigenvalue weighted by Crippen LogP contribution is -2.08. The minimum Gasteiger partial charge on any atom is -0.294 e. The highest BCUT2D eigenvalue weighted by Crippen LogP contribution is 2.08. The van der Waals surface area contributed by atoms with Gasteiger partial charge in [0.25, 0.3) is 0 Å². The molecule has 0 aliphatic heterocycles. The molecular formula is C14H14N2O. The highest BCUT2D eigenvalue weighted by molar-refractivity contribution is 5.97. The summed E-state index contributed by atoms with van der Waals surface area (Å²) < 4.78 is 0. The maximum Gasteiger partial charge on any atom is 0.168 e. The van der Waals surface area contributed by atoms with Crippen LogP contribution >= 0.6 is 0 Å². The topological polar surface area (TPSA) is 42.9 Å². The van der Waals surface area contributed by atoms with Crippen molar-refractivity contribution in [1.82, 2.24) is 9.97 Å². The molecule has 1 heterocycles. The van der Waals surface area contributed by atoms with E-state index in [1.54, 1.807) is 6.20 Å². The number of nitrogens with zero attached hydrogens (tertiary/aromatic N) is 2. The van der Waals surface area contributed by atoms with E-state index in [2.05, 4.69) is 9.97 Å². The molecule has 2 aromatic rings. The number of rotatable bonds is 3. The van der Waals surface area contributed by atoms with Gasteiger partial charge < -0.3 is 0 Å². The van der Waals surface area contributed by atoms with Crippen LogP contribution in [0.25, 0.3) is 0 Å². The maximum absolute atomic E-state index is 12.0. The summed E-state index contributed by atoms with van der Waals surface area (Å²) in [5, 5.41) is 0. The third-order valence-electron chi connectivity index (χ3n) is 2.60. The van der Waals surface area contributed by atoms with Crippen molar-refractivity contribution in [1.29, 1.82) is 0 Å². The number of carbonyl (C=O) groups excluding carboxylic acids is 1. The Hall–Kier alpha value is -2.03. The van der Waals surface area contributed by atoms with Crippen LogP contribution < -0.4 is 0 Å². The Morgan fingerprint density at radius 2 is 1.88 bits per heavy atom. The van der Waals surface area contributed by atoms with Gasteiger partial charge in [-0.2, -0.15) is 0 Å². The summed E-state index contributed by atoms with van der Waals surface area (Å²) in [6, 6.07) is 9.26. The zero-order valence-electron chi connectivity index (χ0n) is 9.97. The van der Waals surface area contributed by atoms with Gasteiger partial charge in [0.2, 0.25) is 0 Å². The van der Waals surface area contributed by atoms with Crippen LogP contribution in [-0.2, 0) is 6.42 Å². The van der Waals surface area contributed by atoms with Crippen LogP contribution in [0.3, 0.4) is 0 Å². The Bertz CT molecular complexity index is 535. The quantitative estimate of drug-likeness (QED) is 0.755. The fraction of sp³-hybridized carbons (Fsp3) is 0.214. The van der Waals surface area contributed by atoms with E-state index in [4.69, 9.17) is 0 Å². The van der Waals surface area contributed by atoms with Crippen molar-refractivity contribution >= 4 is 5.78 Å². The standard InChI is InChI=1S/C14H14N2O/c1-10-9-15-11(2)13(16-10)8-14(17)12-6-4-3-5-7-12/h3-7,9H,8H2,1-2H3. The van der Waals surface area contributed by atoms with Crippen molar-refractivity contribution in [3.05, 3.63) is 59.2 Å². The molecule has 0 N–H and O–H groups in total. The first-order valence-electron chi connectivity index (χ1n) is 5.54. The zero-order chi connectivity index (χ0) is 12.3. The Morgan fingerprint density at radius 3 is 2.59 bits per heavy atom. The van der Waals surface area contributed by atoms with Crippen LogP contribution in [0.15, 0.2) is 36.5 Å². The van der Waals surface area contributed by atoms with Gasteiger partial charge in [-0.05, 0) is 13.8 Å². The van der Waals surface area contributed by atoms with Gasteiger partial charge in [-0.15, -0.1) is 0 Å². The predicted molar refractivity (Wildman–Crippen MR) is 66.0 cm³/mol. The molecule has 3 heteroatoms. The van der Waals surface area contributed by atoms with Gasteiger partial charge in [-0.3, -0.25) is 14.8 Å². The molecule has 0 saturated carbocycles. The second-order valence-electron chi connectivity index (χ2n) is 4.01. The molecule has 0 atom stereocenters. The van der Waals surface area contributed by atoms with E-state index in [-0.39, 0.29) is 5.78 Å². The highest BCUT2D eigenvalue weighted by atomic mass is 16.1. The monoisotopic (exact) mass is 226 g/mol. The van der Waals surface area contributed by atoms with Gasteiger partial charge >= 0.3 is 0 Å². The SMILES string of the molecule is Cc1cnc(C)c(CC(=O)c2ccccc2)n1. The fourth-order valence-corrected chi connectivity index (χ4v) is 1.63. The zero-order valence-corrected chi connectivity index (χ0v) is 9.97. The molecular weight excluding hydrogens is 212 g/mol. The minimum absolute atomic E-state index is 0.0774. The lowest BCUT2D eigenvalue weighted by atomic mass is 10.1. The first kappa shape index (κ1) is 11.5. The number of ketones is 1. The van der Waals surface area contributed by atoms with E-state index in [1.807, 2.05) is 44.2 Å². The first-order valence-corrected chi connectivity index (χ1v) is 5.54. The van der Waals surface area contributed by atoms with Gasteiger partial charge in [0.15, 0.2) is 5.78 Å².